The standard InChI is InChI=1S/C26H31FN6O4/c27-16-10-17-22(25(37)33(24(17)36)18-1-2-21(34)30-23(18)35)19(11-16)32-8-5-26(14-32)4-7-31(13-26)12-15-3-6-29-20(28)9-15/h10-11,15,18H,1-9,12-14H2,(H2,28,29)(H,30,34,35). The van der Waals surface area contributed by atoms with Crippen molar-refractivity contribution in [1.29, 1.82) is 5.41 Å². The molecule has 1 aromatic carbocycles. The molecule has 1 aromatic rings. The van der Waals surface area contributed by atoms with Gasteiger partial charge in [0.25, 0.3) is 11.8 Å². The highest BCUT2D eigenvalue weighted by Gasteiger charge is 2.49. The summed E-state index contributed by atoms with van der Waals surface area (Å²) in [5.41, 5.74) is 0.572. The molecule has 0 aliphatic carbocycles. The number of nitrogens with zero attached hydrogens (tertiary/aromatic N) is 3. The normalized spacial score (nSPS) is 30.4. The van der Waals surface area contributed by atoms with Gasteiger partial charge in [-0.05, 0) is 50.3 Å². The van der Waals surface area contributed by atoms with Crippen LogP contribution in [0, 0.1) is 22.6 Å². The number of anilines is 1. The molecule has 3 atom stereocenters. The maximum atomic E-state index is 14.7. The van der Waals surface area contributed by atoms with Crippen LogP contribution in [0.1, 0.15) is 59.2 Å². The van der Waals surface area contributed by atoms with Crippen molar-refractivity contribution >= 4 is 35.2 Å². The number of imide groups is 2. The summed E-state index contributed by atoms with van der Waals surface area (Å²) in [6.45, 7) is 5.04. The summed E-state index contributed by atoms with van der Waals surface area (Å²) in [5, 5.41) is 13.2. The number of nitrogens with one attached hydrogen (secondary N) is 3. The average molecular weight is 511 g/mol. The lowest BCUT2D eigenvalue weighted by Crippen LogP contribution is -2.54. The lowest BCUT2D eigenvalue weighted by Gasteiger charge is -2.30. The quantitative estimate of drug-likeness (QED) is 0.518. The Morgan fingerprint density at radius 1 is 1.05 bits per heavy atom. The van der Waals surface area contributed by atoms with Gasteiger partial charge in [-0.1, -0.05) is 0 Å². The molecule has 4 amide bonds. The number of amidine groups is 1. The average Bonchev–Trinajstić information content (AvgIpc) is 3.51. The number of fused-ring (bicyclic) bond motifs is 1. The zero-order valence-electron chi connectivity index (χ0n) is 20.6. The predicted octanol–water partition coefficient (Wildman–Crippen LogP) is 1.11. The second-order valence-corrected chi connectivity index (χ2v) is 11.2. The van der Waals surface area contributed by atoms with Crippen LogP contribution >= 0.6 is 0 Å². The molecular weight excluding hydrogens is 479 g/mol. The maximum Gasteiger partial charge on any atom is 0.264 e. The van der Waals surface area contributed by atoms with Gasteiger partial charge in [0, 0.05) is 51.0 Å². The Labute approximate surface area is 214 Å². The number of carbonyl (C=O) groups is 4. The van der Waals surface area contributed by atoms with E-state index in [1.54, 1.807) is 0 Å². The van der Waals surface area contributed by atoms with Gasteiger partial charge in [-0.2, -0.15) is 0 Å². The molecule has 3 unspecified atom stereocenters. The van der Waals surface area contributed by atoms with E-state index < -0.39 is 35.5 Å². The van der Waals surface area contributed by atoms with Crippen LogP contribution in [0.2, 0.25) is 0 Å². The van der Waals surface area contributed by atoms with Crippen molar-refractivity contribution in [2.45, 2.75) is 44.6 Å². The molecule has 4 saturated heterocycles. The van der Waals surface area contributed by atoms with E-state index in [1.165, 1.54) is 6.07 Å². The third kappa shape index (κ3) is 4.18. The predicted molar refractivity (Wildman–Crippen MR) is 132 cm³/mol. The van der Waals surface area contributed by atoms with Crippen LogP contribution < -0.4 is 15.5 Å². The molecule has 11 heteroatoms. The minimum Gasteiger partial charge on any atom is -0.374 e. The second kappa shape index (κ2) is 8.90. The van der Waals surface area contributed by atoms with Gasteiger partial charge in [-0.25, -0.2) is 4.39 Å². The first-order chi connectivity index (χ1) is 17.7. The van der Waals surface area contributed by atoms with Crippen molar-refractivity contribution < 1.29 is 23.6 Å². The fraction of sp³-hybridized carbons (Fsp3) is 0.577. The van der Waals surface area contributed by atoms with Gasteiger partial charge in [0.05, 0.1) is 22.6 Å². The molecule has 6 rings (SSSR count). The third-order valence-corrected chi connectivity index (χ3v) is 8.68. The van der Waals surface area contributed by atoms with Gasteiger partial charge < -0.3 is 15.1 Å². The summed E-state index contributed by atoms with van der Waals surface area (Å²) in [4.78, 5) is 56.1. The Kier molecular flexibility index (Phi) is 5.78. The number of hydrogen-bond acceptors (Lipinski definition) is 7. The Hall–Kier alpha value is -3.34. The second-order valence-electron chi connectivity index (χ2n) is 11.2. The smallest absolute Gasteiger partial charge is 0.264 e. The monoisotopic (exact) mass is 510 g/mol. The summed E-state index contributed by atoms with van der Waals surface area (Å²) in [6.07, 6.45) is 3.87. The van der Waals surface area contributed by atoms with Gasteiger partial charge in [0.1, 0.15) is 11.9 Å². The highest BCUT2D eigenvalue weighted by Crippen LogP contribution is 2.44. The highest BCUT2D eigenvalue weighted by molar-refractivity contribution is 6.25. The van der Waals surface area contributed by atoms with Gasteiger partial charge in [0.2, 0.25) is 11.8 Å². The minimum absolute atomic E-state index is 0.0212. The van der Waals surface area contributed by atoms with Crippen molar-refractivity contribution in [2.75, 3.05) is 44.2 Å². The first kappa shape index (κ1) is 24.0. The summed E-state index contributed by atoms with van der Waals surface area (Å²) in [5.74, 6) is -1.91. The highest BCUT2D eigenvalue weighted by atomic mass is 19.1. The van der Waals surface area contributed by atoms with Crippen molar-refractivity contribution in [3.8, 4) is 0 Å². The van der Waals surface area contributed by atoms with E-state index in [-0.39, 0.29) is 29.4 Å². The van der Waals surface area contributed by atoms with E-state index in [0.717, 1.165) is 62.8 Å². The van der Waals surface area contributed by atoms with Crippen LogP contribution in [0.5, 0.6) is 0 Å². The number of carbonyl (C=O) groups excluding carboxylic acids is 4. The molecule has 37 heavy (non-hydrogen) atoms. The number of likely N-dealkylation sites (tertiary alicyclic amines) is 1. The van der Waals surface area contributed by atoms with Crippen LogP contribution in [-0.2, 0) is 9.59 Å². The molecule has 0 aromatic heterocycles. The van der Waals surface area contributed by atoms with Crippen LogP contribution in [0.3, 0.4) is 0 Å². The largest absolute Gasteiger partial charge is 0.374 e. The van der Waals surface area contributed by atoms with E-state index in [9.17, 15) is 23.6 Å². The molecule has 0 bridgehead atoms. The zero-order chi connectivity index (χ0) is 25.9. The van der Waals surface area contributed by atoms with Crippen molar-refractivity contribution in [2.24, 2.45) is 11.3 Å². The molecule has 5 aliphatic rings. The summed E-state index contributed by atoms with van der Waals surface area (Å²) in [6, 6.07) is 1.32. The molecule has 1 spiro atoms. The number of rotatable bonds is 4. The lowest BCUT2D eigenvalue weighted by atomic mass is 9.86. The first-order valence-corrected chi connectivity index (χ1v) is 13.1. The van der Waals surface area contributed by atoms with E-state index in [4.69, 9.17) is 5.41 Å². The number of hydrogen-bond donors (Lipinski definition) is 3. The van der Waals surface area contributed by atoms with Gasteiger partial charge in [-0.15, -0.1) is 0 Å². The molecule has 5 heterocycles. The fourth-order valence-corrected chi connectivity index (χ4v) is 6.86. The molecule has 0 radical (unpaired) electrons. The zero-order valence-corrected chi connectivity index (χ0v) is 20.6. The summed E-state index contributed by atoms with van der Waals surface area (Å²) in [7, 11) is 0. The third-order valence-electron chi connectivity index (χ3n) is 8.68. The molecule has 3 N–H and O–H groups in total. The van der Waals surface area contributed by atoms with Crippen molar-refractivity contribution in [1.82, 2.24) is 20.4 Å². The Morgan fingerprint density at radius 2 is 1.86 bits per heavy atom. The van der Waals surface area contributed by atoms with E-state index in [2.05, 4.69) is 15.5 Å². The van der Waals surface area contributed by atoms with Crippen LogP contribution in [-0.4, -0.2) is 84.6 Å². The fourth-order valence-electron chi connectivity index (χ4n) is 6.86. The Bertz CT molecular complexity index is 1220. The summed E-state index contributed by atoms with van der Waals surface area (Å²) >= 11 is 0. The first-order valence-electron chi connectivity index (χ1n) is 13.1. The van der Waals surface area contributed by atoms with Gasteiger partial charge in [0.15, 0.2) is 0 Å². The molecule has 0 saturated carbocycles. The Balaban J connectivity index is 1.20. The number of amides is 4. The van der Waals surface area contributed by atoms with Gasteiger partial charge in [-0.3, -0.25) is 34.8 Å². The molecule has 196 valence electrons. The van der Waals surface area contributed by atoms with Crippen LogP contribution in [0.15, 0.2) is 12.1 Å². The molecule has 4 fully saturated rings. The van der Waals surface area contributed by atoms with Crippen LogP contribution in [0.25, 0.3) is 0 Å². The SMILES string of the molecule is N=C1CC(CN2CCC3(CCN(c4cc(F)cc5c4C(=O)N(C4CCC(=O)NC4=O)C5=O)C3)C2)CCN1. The number of piperidine rings is 2. The Morgan fingerprint density at radius 3 is 2.65 bits per heavy atom. The summed E-state index contributed by atoms with van der Waals surface area (Å²) < 4.78 is 14.7. The van der Waals surface area contributed by atoms with E-state index >= 15 is 0 Å². The topological polar surface area (TPSA) is 126 Å². The number of halogens is 1. The molecule has 10 nitrogen and oxygen atoms in total. The van der Waals surface area contributed by atoms with Gasteiger partial charge >= 0.3 is 0 Å². The minimum atomic E-state index is -1.08. The van der Waals surface area contributed by atoms with Crippen molar-refractivity contribution in [3.05, 3.63) is 29.1 Å². The van der Waals surface area contributed by atoms with Crippen molar-refractivity contribution in [3.63, 3.8) is 0 Å². The van der Waals surface area contributed by atoms with Crippen LogP contribution in [0.4, 0.5) is 10.1 Å². The molecular formula is C26H31FN6O4. The van der Waals surface area contributed by atoms with E-state index in [0.29, 0.717) is 30.5 Å². The molecule has 5 aliphatic heterocycles. The lowest BCUT2D eigenvalue weighted by molar-refractivity contribution is -0.136. The van der Waals surface area contributed by atoms with E-state index in [1.807, 2.05) is 4.90 Å². The maximum absolute atomic E-state index is 14.7. The number of benzene rings is 1.